The molecule has 0 unspecified atom stereocenters. The maximum absolute atomic E-state index is 5.88. The van der Waals surface area contributed by atoms with E-state index in [9.17, 15) is 0 Å². The summed E-state index contributed by atoms with van der Waals surface area (Å²) >= 11 is 0. The number of hydrogen-bond acceptors (Lipinski definition) is 5. The lowest BCUT2D eigenvalue weighted by atomic mass is 9.99. The maximum atomic E-state index is 5.88. The molecular formula is C17H22N4O. The van der Waals surface area contributed by atoms with Crippen molar-refractivity contribution in [2.75, 3.05) is 30.3 Å². The Morgan fingerprint density at radius 2 is 2.09 bits per heavy atom. The second-order valence-corrected chi connectivity index (χ2v) is 5.73. The quantitative estimate of drug-likeness (QED) is 0.918. The standard InChI is InChI=1S/C17H22N4O/c18-17-19-9-8-16(20-17)21-10-4-7-15(11-21)13-22-12-14-5-2-1-3-6-14/h1-3,5-6,8-9,15H,4,7,10-13H2,(H2,18,19,20)/t15-/m0/s1. The molecule has 0 amide bonds. The van der Waals surface area contributed by atoms with Gasteiger partial charge >= 0.3 is 0 Å². The van der Waals surface area contributed by atoms with Crippen molar-refractivity contribution in [2.45, 2.75) is 19.4 Å². The average Bonchev–Trinajstić information content (AvgIpc) is 2.56. The Labute approximate surface area is 131 Å². The van der Waals surface area contributed by atoms with Crippen LogP contribution in [0.15, 0.2) is 42.6 Å². The minimum absolute atomic E-state index is 0.333. The van der Waals surface area contributed by atoms with Gasteiger partial charge in [0.25, 0.3) is 0 Å². The Morgan fingerprint density at radius 3 is 2.91 bits per heavy atom. The Hall–Kier alpha value is -2.14. The fraction of sp³-hybridized carbons (Fsp3) is 0.412. The first-order chi connectivity index (χ1) is 10.8. The lowest BCUT2D eigenvalue weighted by Crippen LogP contribution is -2.37. The minimum atomic E-state index is 0.333. The van der Waals surface area contributed by atoms with E-state index in [-0.39, 0.29) is 0 Å². The van der Waals surface area contributed by atoms with Crippen molar-refractivity contribution in [3.05, 3.63) is 48.2 Å². The third-order valence-corrected chi connectivity index (χ3v) is 3.97. The van der Waals surface area contributed by atoms with Gasteiger partial charge in [0.2, 0.25) is 5.95 Å². The lowest BCUT2D eigenvalue weighted by Gasteiger charge is -2.33. The van der Waals surface area contributed by atoms with Gasteiger partial charge in [-0.2, -0.15) is 4.98 Å². The van der Waals surface area contributed by atoms with Crippen LogP contribution in [0.25, 0.3) is 0 Å². The maximum Gasteiger partial charge on any atom is 0.221 e. The van der Waals surface area contributed by atoms with E-state index in [0.29, 0.717) is 18.5 Å². The second-order valence-electron chi connectivity index (χ2n) is 5.73. The molecular weight excluding hydrogens is 276 g/mol. The molecule has 2 aromatic rings. The van der Waals surface area contributed by atoms with Gasteiger partial charge in [-0.05, 0) is 30.4 Å². The van der Waals surface area contributed by atoms with Crippen molar-refractivity contribution in [3.8, 4) is 0 Å². The molecule has 1 aliphatic heterocycles. The number of ether oxygens (including phenoxy) is 1. The van der Waals surface area contributed by atoms with E-state index in [1.165, 1.54) is 12.0 Å². The van der Waals surface area contributed by atoms with Crippen molar-refractivity contribution in [2.24, 2.45) is 5.92 Å². The summed E-state index contributed by atoms with van der Waals surface area (Å²) in [6.45, 7) is 3.45. The molecule has 0 radical (unpaired) electrons. The molecule has 0 saturated carbocycles. The number of nitrogen functional groups attached to an aromatic ring is 1. The highest BCUT2D eigenvalue weighted by molar-refractivity contribution is 5.41. The first kappa shape index (κ1) is 14.8. The minimum Gasteiger partial charge on any atom is -0.376 e. The highest BCUT2D eigenvalue weighted by atomic mass is 16.5. The second kappa shape index (κ2) is 7.22. The molecule has 2 N–H and O–H groups in total. The molecule has 5 nitrogen and oxygen atoms in total. The normalized spacial score (nSPS) is 18.4. The molecule has 1 fully saturated rings. The summed E-state index contributed by atoms with van der Waals surface area (Å²) in [6.07, 6.45) is 4.07. The molecule has 0 spiro atoms. The first-order valence-corrected chi connectivity index (χ1v) is 7.76. The SMILES string of the molecule is Nc1nccc(N2CCC[C@H](COCc3ccccc3)C2)n1. The van der Waals surface area contributed by atoms with Gasteiger partial charge in [-0.3, -0.25) is 0 Å². The largest absolute Gasteiger partial charge is 0.376 e. The van der Waals surface area contributed by atoms with E-state index in [2.05, 4.69) is 27.0 Å². The molecule has 5 heteroatoms. The van der Waals surface area contributed by atoms with Crippen LogP contribution in [0.4, 0.5) is 11.8 Å². The van der Waals surface area contributed by atoms with Gasteiger partial charge < -0.3 is 15.4 Å². The molecule has 116 valence electrons. The molecule has 0 bridgehead atoms. The van der Waals surface area contributed by atoms with E-state index in [1.54, 1.807) is 6.20 Å². The van der Waals surface area contributed by atoms with Crippen LogP contribution in [0.2, 0.25) is 0 Å². The van der Waals surface area contributed by atoms with Crippen LogP contribution in [0.1, 0.15) is 18.4 Å². The summed E-state index contributed by atoms with van der Waals surface area (Å²) in [7, 11) is 0. The number of rotatable bonds is 5. The lowest BCUT2D eigenvalue weighted by molar-refractivity contribution is 0.0816. The molecule has 2 heterocycles. The number of anilines is 2. The van der Waals surface area contributed by atoms with Crippen LogP contribution in [-0.4, -0.2) is 29.7 Å². The van der Waals surface area contributed by atoms with Gasteiger partial charge in [0.05, 0.1) is 13.2 Å². The van der Waals surface area contributed by atoms with E-state index in [4.69, 9.17) is 10.5 Å². The monoisotopic (exact) mass is 298 g/mol. The van der Waals surface area contributed by atoms with Crippen molar-refractivity contribution in [1.29, 1.82) is 0 Å². The van der Waals surface area contributed by atoms with Gasteiger partial charge in [-0.1, -0.05) is 30.3 Å². The smallest absolute Gasteiger partial charge is 0.221 e. The van der Waals surface area contributed by atoms with Gasteiger partial charge in [0, 0.05) is 19.3 Å². The van der Waals surface area contributed by atoms with Gasteiger partial charge in [-0.25, -0.2) is 4.98 Å². The van der Waals surface area contributed by atoms with Crippen LogP contribution >= 0.6 is 0 Å². The Kier molecular flexibility index (Phi) is 4.85. The number of piperidine rings is 1. The molecule has 1 aliphatic rings. The first-order valence-electron chi connectivity index (χ1n) is 7.76. The fourth-order valence-electron chi connectivity index (χ4n) is 2.87. The zero-order valence-corrected chi connectivity index (χ0v) is 12.7. The van der Waals surface area contributed by atoms with E-state index < -0.39 is 0 Å². The number of nitrogens with zero attached hydrogens (tertiary/aromatic N) is 3. The van der Waals surface area contributed by atoms with E-state index in [1.807, 2.05) is 24.3 Å². The van der Waals surface area contributed by atoms with Gasteiger partial charge in [-0.15, -0.1) is 0 Å². The van der Waals surface area contributed by atoms with Crippen molar-refractivity contribution >= 4 is 11.8 Å². The van der Waals surface area contributed by atoms with Crippen LogP contribution in [0.5, 0.6) is 0 Å². The van der Waals surface area contributed by atoms with Crippen LogP contribution in [-0.2, 0) is 11.3 Å². The molecule has 1 atom stereocenters. The Morgan fingerprint density at radius 1 is 1.23 bits per heavy atom. The van der Waals surface area contributed by atoms with E-state index in [0.717, 1.165) is 31.9 Å². The van der Waals surface area contributed by atoms with Crippen molar-refractivity contribution in [3.63, 3.8) is 0 Å². The number of nitrogens with two attached hydrogens (primary N) is 1. The molecule has 1 aromatic heterocycles. The van der Waals surface area contributed by atoms with Crippen molar-refractivity contribution < 1.29 is 4.74 Å². The average molecular weight is 298 g/mol. The fourth-order valence-corrected chi connectivity index (χ4v) is 2.87. The van der Waals surface area contributed by atoms with E-state index >= 15 is 0 Å². The summed E-state index contributed by atoms with van der Waals surface area (Å²) < 4.78 is 5.88. The summed E-state index contributed by atoms with van der Waals surface area (Å²) in [6, 6.07) is 12.2. The summed E-state index contributed by atoms with van der Waals surface area (Å²) in [5, 5.41) is 0. The molecule has 1 aromatic carbocycles. The van der Waals surface area contributed by atoms with Gasteiger partial charge in [0.1, 0.15) is 5.82 Å². The number of hydrogen-bond donors (Lipinski definition) is 1. The number of aromatic nitrogens is 2. The molecule has 3 rings (SSSR count). The molecule has 1 saturated heterocycles. The highest BCUT2D eigenvalue weighted by Gasteiger charge is 2.21. The van der Waals surface area contributed by atoms with Crippen LogP contribution < -0.4 is 10.6 Å². The predicted octanol–water partition coefficient (Wildman–Crippen LogP) is 2.49. The highest BCUT2D eigenvalue weighted by Crippen LogP contribution is 2.22. The molecule has 22 heavy (non-hydrogen) atoms. The zero-order valence-electron chi connectivity index (χ0n) is 12.7. The van der Waals surface area contributed by atoms with Gasteiger partial charge in [0.15, 0.2) is 0 Å². The Bertz CT molecular complexity index is 590. The Balaban J connectivity index is 1.50. The zero-order chi connectivity index (χ0) is 15.2. The van der Waals surface area contributed by atoms with Crippen LogP contribution in [0.3, 0.4) is 0 Å². The van der Waals surface area contributed by atoms with Crippen LogP contribution in [0, 0.1) is 5.92 Å². The third kappa shape index (κ3) is 3.95. The molecule has 0 aliphatic carbocycles. The topological polar surface area (TPSA) is 64.3 Å². The predicted molar refractivity (Wildman–Crippen MR) is 87.5 cm³/mol. The summed E-state index contributed by atoms with van der Waals surface area (Å²) in [5.74, 6) is 1.79. The third-order valence-electron chi connectivity index (χ3n) is 3.97. The number of benzene rings is 1. The summed E-state index contributed by atoms with van der Waals surface area (Å²) in [4.78, 5) is 10.5. The summed E-state index contributed by atoms with van der Waals surface area (Å²) in [5.41, 5.74) is 6.89. The van der Waals surface area contributed by atoms with Crippen molar-refractivity contribution in [1.82, 2.24) is 9.97 Å².